The Kier molecular flexibility index (Phi) is 4.56. The first kappa shape index (κ1) is 16.1. The van der Waals surface area contributed by atoms with Crippen LogP contribution in [-0.4, -0.2) is 21.8 Å². The van der Waals surface area contributed by atoms with Gasteiger partial charge in [0, 0.05) is 25.7 Å². The quantitative estimate of drug-likeness (QED) is 0.692. The summed E-state index contributed by atoms with van der Waals surface area (Å²) in [6.45, 7) is 4.10. The van der Waals surface area contributed by atoms with E-state index in [-0.39, 0.29) is 11.6 Å². The van der Waals surface area contributed by atoms with E-state index in [0.29, 0.717) is 11.8 Å². The topological polar surface area (TPSA) is 47.2 Å². The van der Waals surface area contributed by atoms with Gasteiger partial charge in [-0.1, -0.05) is 36.4 Å². The Bertz CT molecular complexity index is 955. The maximum Gasteiger partial charge on any atom is 0.261 e. The van der Waals surface area contributed by atoms with E-state index in [1.165, 1.54) is 0 Å². The van der Waals surface area contributed by atoms with Crippen LogP contribution in [0.3, 0.4) is 0 Å². The lowest BCUT2D eigenvalue weighted by atomic mass is 10.0. The fourth-order valence-corrected chi connectivity index (χ4v) is 2.64. The molecule has 3 aromatic rings. The van der Waals surface area contributed by atoms with Gasteiger partial charge in [-0.05, 0) is 37.1 Å². The van der Waals surface area contributed by atoms with Crippen molar-refractivity contribution in [1.29, 1.82) is 0 Å². The largest absolute Gasteiger partial charge is 0.299 e. The van der Waals surface area contributed by atoms with Gasteiger partial charge in [0.1, 0.15) is 5.82 Å². The lowest BCUT2D eigenvalue weighted by Gasteiger charge is -2.11. The van der Waals surface area contributed by atoms with Crippen LogP contribution in [0.1, 0.15) is 30.8 Å². The van der Waals surface area contributed by atoms with Gasteiger partial charge in [-0.2, -0.15) is 0 Å². The van der Waals surface area contributed by atoms with Crippen molar-refractivity contribution in [3.63, 3.8) is 0 Å². The van der Waals surface area contributed by atoms with E-state index in [9.17, 15) is 4.79 Å². The van der Waals surface area contributed by atoms with E-state index in [1.807, 2.05) is 62.5 Å². The smallest absolute Gasteiger partial charge is 0.261 e. The highest BCUT2D eigenvalue weighted by Crippen LogP contribution is 2.14. The summed E-state index contributed by atoms with van der Waals surface area (Å²) >= 11 is 0. The highest BCUT2D eigenvalue weighted by molar-refractivity contribution is 5.82. The molecule has 1 heterocycles. The molecule has 0 radical (unpaired) electrons. The number of para-hydroxylation sites is 1. The van der Waals surface area contributed by atoms with Crippen LogP contribution in [0.25, 0.3) is 10.9 Å². The molecule has 1 aromatic heterocycles. The summed E-state index contributed by atoms with van der Waals surface area (Å²) in [5.41, 5.74) is 2.90. The van der Waals surface area contributed by atoms with Gasteiger partial charge in [-0.3, -0.25) is 14.4 Å². The molecule has 4 heteroatoms. The first-order chi connectivity index (χ1) is 11.6. The molecule has 0 aliphatic heterocycles. The standard InChI is InChI=1S/C20H21N3O/c1-14(2)21-13-16-9-5-4-8-15(16)12-19-22-18-11-7-6-10-17(18)20(24)23(19)3/h4-11,13-14H,12H2,1-3H3. The number of rotatable bonds is 4. The summed E-state index contributed by atoms with van der Waals surface area (Å²) in [5, 5.41) is 0.651. The lowest BCUT2D eigenvalue weighted by molar-refractivity contribution is 0.763. The summed E-state index contributed by atoms with van der Waals surface area (Å²) in [6.07, 6.45) is 2.50. The van der Waals surface area contributed by atoms with Crippen molar-refractivity contribution in [2.75, 3.05) is 0 Å². The SMILES string of the molecule is CC(C)N=Cc1ccccc1Cc1nc2ccccc2c(=O)n1C. The Labute approximate surface area is 141 Å². The van der Waals surface area contributed by atoms with Crippen molar-refractivity contribution in [3.05, 3.63) is 75.8 Å². The predicted molar refractivity (Wildman–Crippen MR) is 99.0 cm³/mol. The number of hydrogen-bond donors (Lipinski definition) is 0. The number of benzene rings is 2. The molecule has 0 atom stereocenters. The second-order valence-corrected chi connectivity index (χ2v) is 6.16. The number of nitrogens with zero attached hydrogens (tertiary/aromatic N) is 3. The highest BCUT2D eigenvalue weighted by Gasteiger charge is 2.10. The second kappa shape index (κ2) is 6.79. The van der Waals surface area contributed by atoms with E-state index < -0.39 is 0 Å². The van der Waals surface area contributed by atoms with Gasteiger partial charge in [-0.15, -0.1) is 0 Å². The molecule has 0 unspecified atom stereocenters. The van der Waals surface area contributed by atoms with Gasteiger partial charge < -0.3 is 0 Å². The van der Waals surface area contributed by atoms with Crippen LogP contribution in [0.5, 0.6) is 0 Å². The minimum Gasteiger partial charge on any atom is -0.299 e. The zero-order valence-corrected chi connectivity index (χ0v) is 14.2. The third-order valence-corrected chi connectivity index (χ3v) is 3.99. The molecule has 0 amide bonds. The third kappa shape index (κ3) is 3.27. The predicted octanol–water partition coefficient (Wildman–Crippen LogP) is 3.35. The summed E-state index contributed by atoms with van der Waals surface area (Å²) in [5.74, 6) is 0.754. The van der Waals surface area contributed by atoms with Gasteiger partial charge in [0.25, 0.3) is 5.56 Å². The number of hydrogen-bond acceptors (Lipinski definition) is 3. The molecule has 24 heavy (non-hydrogen) atoms. The van der Waals surface area contributed by atoms with Crippen LogP contribution in [0.15, 0.2) is 58.3 Å². The first-order valence-corrected chi connectivity index (χ1v) is 8.12. The van der Waals surface area contributed by atoms with Gasteiger partial charge in [0.2, 0.25) is 0 Å². The Hall–Kier alpha value is -2.75. The number of aromatic nitrogens is 2. The summed E-state index contributed by atoms with van der Waals surface area (Å²) in [6, 6.07) is 15.8. The first-order valence-electron chi connectivity index (χ1n) is 8.12. The molecule has 0 N–H and O–H groups in total. The van der Waals surface area contributed by atoms with E-state index in [4.69, 9.17) is 0 Å². The monoisotopic (exact) mass is 319 g/mol. The van der Waals surface area contributed by atoms with Crippen LogP contribution in [0.2, 0.25) is 0 Å². The third-order valence-electron chi connectivity index (χ3n) is 3.99. The fourth-order valence-electron chi connectivity index (χ4n) is 2.64. The zero-order valence-electron chi connectivity index (χ0n) is 14.2. The van der Waals surface area contributed by atoms with E-state index in [2.05, 4.69) is 16.0 Å². The molecule has 122 valence electrons. The van der Waals surface area contributed by atoms with Crippen molar-refractivity contribution in [2.45, 2.75) is 26.3 Å². The normalized spacial score (nSPS) is 11.7. The van der Waals surface area contributed by atoms with Crippen molar-refractivity contribution >= 4 is 17.1 Å². The number of aliphatic imine (C=N–C) groups is 1. The van der Waals surface area contributed by atoms with E-state index in [1.54, 1.807) is 11.6 Å². The lowest BCUT2D eigenvalue weighted by Crippen LogP contribution is -2.22. The Morgan fingerprint density at radius 3 is 2.62 bits per heavy atom. The van der Waals surface area contributed by atoms with Crippen molar-refractivity contribution in [3.8, 4) is 0 Å². The average molecular weight is 319 g/mol. The minimum absolute atomic E-state index is 0.0103. The van der Waals surface area contributed by atoms with Crippen LogP contribution in [0, 0.1) is 0 Å². The van der Waals surface area contributed by atoms with Gasteiger partial charge >= 0.3 is 0 Å². The molecule has 0 fully saturated rings. The molecule has 0 saturated heterocycles. The Balaban J connectivity index is 2.05. The molecule has 2 aromatic carbocycles. The van der Waals surface area contributed by atoms with Crippen molar-refractivity contribution < 1.29 is 0 Å². The molecule has 4 nitrogen and oxygen atoms in total. The highest BCUT2D eigenvalue weighted by atomic mass is 16.1. The van der Waals surface area contributed by atoms with Gasteiger partial charge in [-0.25, -0.2) is 4.98 Å². The van der Waals surface area contributed by atoms with Crippen LogP contribution in [0.4, 0.5) is 0 Å². The van der Waals surface area contributed by atoms with Gasteiger partial charge in [0.15, 0.2) is 0 Å². The zero-order chi connectivity index (χ0) is 17.1. The molecule has 3 rings (SSSR count). The van der Waals surface area contributed by atoms with Gasteiger partial charge in [0.05, 0.1) is 10.9 Å². The summed E-state index contributed by atoms with van der Waals surface area (Å²) < 4.78 is 1.64. The molecular formula is C20H21N3O. The van der Waals surface area contributed by atoms with Crippen molar-refractivity contribution in [2.24, 2.45) is 12.0 Å². The Morgan fingerprint density at radius 2 is 1.83 bits per heavy atom. The summed E-state index contributed by atoms with van der Waals surface area (Å²) in [7, 11) is 1.78. The minimum atomic E-state index is -0.0103. The maximum absolute atomic E-state index is 12.5. The fraction of sp³-hybridized carbons (Fsp3) is 0.250. The molecule has 0 aliphatic rings. The van der Waals surface area contributed by atoms with E-state index >= 15 is 0 Å². The molecular weight excluding hydrogens is 298 g/mol. The van der Waals surface area contributed by atoms with Crippen LogP contribution >= 0.6 is 0 Å². The summed E-state index contributed by atoms with van der Waals surface area (Å²) in [4.78, 5) is 21.7. The second-order valence-electron chi connectivity index (χ2n) is 6.16. The number of fused-ring (bicyclic) bond motifs is 1. The molecule has 0 bridgehead atoms. The van der Waals surface area contributed by atoms with Crippen molar-refractivity contribution in [1.82, 2.24) is 9.55 Å². The average Bonchev–Trinajstić information content (AvgIpc) is 2.58. The molecule has 0 spiro atoms. The molecule has 0 saturated carbocycles. The maximum atomic E-state index is 12.5. The van der Waals surface area contributed by atoms with Crippen LogP contribution < -0.4 is 5.56 Å². The Morgan fingerprint density at radius 1 is 1.12 bits per heavy atom. The molecule has 0 aliphatic carbocycles. The van der Waals surface area contributed by atoms with E-state index in [0.717, 1.165) is 22.5 Å². The van der Waals surface area contributed by atoms with Crippen LogP contribution in [-0.2, 0) is 13.5 Å².